The zero-order valence-electron chi connectivity index (χ0n) is 7.59. The summed E-state index contributed by atoms with van der Waals surface area (Å²) in [5.41, 5.74) is 1.69. The summed E-state index contributed by atoms with van der Waals surface area (Å²) >= 11 is 1.50. The Kier molecular flexibility index (Phi) is 2.62. The molecule has 0 bridgehead atoms. The Bertz CT molecular complexity index is 306. The zero-order chi connectivity index (χ0) is 9.97. The van der Waals surface area contributed by atoms with Crippen molar-refractivity contribution < 1.29 is 9.90 Å². The van der Waals surface area contributed by atoms with E-state index in [2.05, 4.69) is 15.1 Å². The Morgan fingerprint density at radius 1 is 1.57 bits per heavy atom. The molecule has 1 N–H and O–H groups in total. The lowest BCUT2D eigenvalue weighted by Crippen LogP contribution is -2.36. The van der Waals surface area contributed by atoms with E-state index < -0.39 is 5.97 Å². The molecule has 1 aliphatic rings. The predicted molar refractivity (Wildman–Crippen MR) is 52.5 cm³/mol. The number of piperidine rings is 1. The highest BCUT2D eigenvalue weighted by molar-refractivity contribution is 7.13. The first kappa shape index (κ1) is 9.39. The maximum Gasteiger partial charge on any atom is 0.306 e. The summed E-state index contributed by atoms with van der Waals surface area (Å²) in [6.07, 6.45) is 1.41. The molecule has 0 amide bonds. The van der Waals surface area contributed by atoms with E-state index in [-0.39, 0.29) is 5.92 Å². The van der Waals surface area contributed by atoms with Crippen LogP contribution in [0.5, 0.6) is 0 Å². The van der Waals surface area contributed by atoms with Crippen LogP contribution < -0.4 is 4.90 Å². The fourth-order valence-electron chi connectivity index (χ4n) is 1.62. The van der Waals surface area contributed by atoms with Gasteiger partial charge in [0.05, 0.1) is 5.92 Å². The summed E-state index contributed by atoms with van der Waals surface area (Å²) in [5.74, 6) is -0.860. The van der Waals surface area contributed by atoms with E-state index in [9.17, 15) is 4.79 Å². The highest BCUT2D eigenvalue weighted by Crippen LogP contribution is 2.23. The van der Waals surface area contributed by atoms with Crippen molar-refractivity contribution in [1.29, 1.82) is 0 Å². The number of rotatable bonds is 2. The summed E-state index contributed by atoms with van der Waals surface area (Å²) in [4.78, 5) is 12.8. The van der Waals surface area contributed by atoms with Crippen molar-refractivity contribution in [2.24, 2.45) is 5.92 Å². The molecule has 2 rings (SSSR count). The molecule has 0 unspecified atom stereocenters. The van der Waals surface area contributed by atoms with Gasteiger partial charge in [-0.1, -0.05) is 11.3 Å². The standard InChI is InChI=1S/C8H11N3O2S/c12-7(13)6-1-3-11(4-2-6)8-10-9-5-14-8/h5-6H,1-4H2,(H,12,13). The number of hydrogen-bond acceptors (Lipinski definition) is 5. The van der Waals surface area contributed by atoms with Crippen LogP contribution in [-0.4, -0.2) is 34.4 Å². The number of aromatic nitrogens is 2. The summed E-state index contributed by atoms with van der Waals surface area (Å²) < 4.78 is 0. The second-order valence-electron chi connectivity index (χ2n) is 3.32. The molecular weight excluding hydrogens is 202 g/mol. The number of anilines is 1. The van der Waals surface area contributed by atoms with Gasteiger partial charge in [0, 0.05) is 13.1 Å². The lowest BCUT2D eigenvalue weighted by atomic mass is 9.98. The molecule has 1 aliphatic heterocycles. The molecule has 1 aromatic heterocycles. The summed E-state index contributed by atoms with van der Waals surface area (Å²) in [6.45, 7) is 1.54. The van der Waals surface area contributed by atoms with Crippen molar-refractivity contribution in [3.63, 3.8) is 0 Å². The Morgan fingerprint density at radius 3 is 2.79 bits per heavy atom. The van der Waals surface area contributed by atoms with Crippen molar-refractivity contribution in [2.45, 2.75) is 12.8 Å². The number of nitrogens with zero attached hydrogens (tertiary/aromatic N) is 3. The van der Waals surface area contributed by atoms with Crippen LogP contribution in [0.15, 0.2) is 5.51 Å². The minimum atomic E-state index is -0.679. The smallest absolute Gasteiger partial charge is 0.306 e. The number of carboxylic acids is 1. The van der Waals surface area contributed by atoms with Crippen LogP contribution in [0.3, 0.4) is 0 Å². The largest absolute Gasteiger partial charge is 0.481 e. The van der Waals surface area contributed by atoms with Crippen LogP contribution in [0, 0.1) is 5.92 Å². The monoisotopic (exact) mass is 213 g/mol. The van der Waals surface area contributed by atoms with Gasteiger partial charge in [-0.15, -0.1) is 10.2 Å². The molecular formula is C8H11N3O2S. The Balaban J connectivity index is 1.93. The van der Waals surface area contributed by atoms with Crippen LogP contribution >= 0.6 is 11.3 Å². The first-order valence-corrected chi connectivity index (χ1v) is 5.39. The molecule has 0 radical (unpaired) electrons. The average molecular weight is 213 g/mol. The molecule has 0 aromatic carbocycles. The van der Waals surface area contributed by atoms with E-state index in [0.29, 0.717) is 12.8 Å². The third kappa shape index (κ3) is 1.84. The Hall–Kier alpha value is -1.17. The van der Waals surface area contributed by atoms with E-state index in [1.54, 1.807) is 5.51 Å². The van der Waals surface area contributed by atoms with Crippen LogP contribution in [0.4, 0.5) is 5.13 Å². The van der Waals surface area contributed by atoms with E-state index in [0.717, 1.165) is 18.2 Å². The number of aliphatic carboxylic acids is 1. The first-order valence-electron chi connectivity index (χ1n) is 4.51. The molecule has 14 heavy (non-hydrogen) atoms. The highest BCUT2D eigenvalue weighted by atomic mass is 32.1. The summed E-state index contributed by atoms with van der Waals surface area (Å²) in [5, 5.41) is 17.4. The van der Waals surface area contributed by atoms with Crippen LogP contribution in [0.2, 0.25) is 0 Å². The lowest BCUT2D eigenvalue weighted by Gasteiger charge is -2.29. The zero-order valence-corrected chi connectivity index (χ0v) is 8.40. The van der Waals surface area contributed by atoms with E-state index >= 15 is 0 Å². The van der Waals surface area contributed by atoms with Crippen molar-refractivity contribution in [1.82, 2.24) is 10.2 Å². The van der Waals surface area contributed by atoms with Gasteiger partial charge >= 0.3 is 5.97 Å². The van der Waals surface area contributed by atoms with Gasteiger partial charge in [-0.25, -0.2) is 0 Å². The molecule has 2 heterocycles. The fraction of sp³-hybridized carbons (Fsp3) is 0.625. The van der Waals surface area contributed by atoms with Crippen LogP contribution in [0.1, 0.15) is 12.8 Å². The van der Waals surface area contributed by atoms with Gasteiger partial charge in [0.15, 0.2) is 0 Å². The second-order valence-corrected chi connectivity index (χ2v) is 4.13. The van der Waals surface area contributed by atoms with Crippen molar-refractivity contribution in [3.05, 3.63) is 5.51 Å². The molecule has 1 fully saturated rings. The second kappa shape index (κ2) is 3.91. The van der Waals surface area contributed by atoms with Crippen molar-refractivity contribution >= 4 is 22.4 Å². The third-order valence-electron chi connectivity index (χ3n) is 2.46. The van der Waals surface area contributed by atoms with Crippen molar-refractivity contribution in [3.8, 4) is 0 Å². The predicted octanol–water partition coefficient (Wildman–Crippen LogP) is 0.839. The Morgan fingerprint density at radius 2 is 2.29 bits per heavy atom. The molecule has 0 saturated carbocycles. The van der Waals surface area contributed by atoms with Gasteiger partial charge in [-0.05, 0) is 12.8 Å². The van der Waals surface area contributed by atoms with E-state index in [1.165, 1.54) is 11.3 Å². The number of carbonyl (C=O) groups is 1. The van der Waals surface area contributed by atoms with Crippen LogP contribution in [0.25, 0.3) is 0 Å². The lowest BCUT2D eigenvalue weighted by molar-refractivity contribution is -0.142. The van der Waals surface area contributed by atoms with E-state index in [1.807, 2.05) is 0 Å². The maximum absolute atomic E-state index is 10.7. The number of carboxylic acid groups (broad SMARTS) is 1. The topological polar surface area (TPSA) is 66.3 Å². The highest BCUT2D eigenvalue weighted by Gasteiger charge is 2.25. The maximum atomic E-state index is 10.7. The molecule has 5 nitrogen and oxygen atoms in total. The van der Waals surface area contributed by atoms with Gasteiger partial charge in [-0.3, -0.25) is 4.79 Å². The number of hydrogen-bond donors (Lipinski definition) is 1. The molecule has 0 aliphatic carbocycles. The SMILES string of the molecule is O=C(O)C1CCN(c2nncs2)CC1. The fourth-order valence-corrected chi connectivity index (χ4v) is 2.24. The van der Waals surface area contributed by atoms with Gasteiger partial charge in [0.2, 0.25) is 5.13 Å². The third-order valence-corrected chi connectivity index (χ3v) is 3.21. The molecule has 1 saturated heterocycles. The quantitative estimate of drug-likeness (QED) is 0.788. The summed E-state index contributed by atoms with van der Waals surface area (Å²) in [6, 6.07) is 0. The minimum Gasteiger partial charge on any atom is -0.481 e. The Labute approximate surface area is 85.4 Å². The van der Waals surface area contributed by atoms with Crippen LogP contribution in [-0.2, 0) is 4.79 Å². The van der Waals surface area contributed by atoms with Crippen molar-refractivity contribution in [2.75, 3.05) is 18.0 Å². The molecule has 0 atom stereocenters. The van der Waals surface area contributed by atoms with Gasteiger partial charge in [-0.2, -0.15) is 0 Å². The molecule has 1 aromatic rings. The summed E-state index contributed by atoms with van der Waals surface area (Å²) in [7, 11) is 0. The molecule has 6 heteroatoms. The molecule has 76 valence electrons. The first-order chi connectivity index (χ1) is 6.77. The van der Waals surface area contributed by atoms with E-state index in [4.69, 9.17) is 5.11 Å². The average Bonchev–Trinajstić information content (AvgIpc) is 2.71. The van der Waals surface area contributed by atoms with Gasteiger partial charge < -0.3 is 10.0 Å². The normalized spacial score (nSPS) is 18.4. The minimum absolute atomic E-state index is 0.181. The van der Waals surface area contributed by atoms with Gasteiger partial charge in [0.1, 0.15) is 5.51 Å². The van der Waals surface area contributed by atoms with Gasteiger partial charge in [0.25, 0.3) is 0 Å². The molecule has 0 spiro atoms.